The SMILES string of the molecule is CCCCCCC1C=Cc2ccccc21. The fourth-order valence-electron chi connectivity index (χ4n) is 2.37. The summed E-state index contributed by atoms with van der Waals surface area (Å²) < 4.78 is 0. The molecule has 0 N–H and O–H groups in total. The third kappa shape index (κ3) is 2.50. The molecular formula is C15H20. The number of fused-ring (bicyclic) bond motifs is 1. The molecule has 1 aromatic carbocycles. The van der Waals surface area contributed by atoms with Crippen LogP contribution in [0.2, 0.25) is 0 Å². The van der Waals surface area contributed by atoms with Crippen LogP contribution in [0.1, 0.15) is 56.1 Å². The molecule has 0 bridgehead atoms. The van der Waals surface area contributed by atoms with E-state index in [0.717, 1.165) is 0 Å². The molecule has 0 amide bonds. The van der Waals surface area contributed by atoms with Crippen LogP contribution < -0.4 is 0 Å². The van der Waals surface area contributed by atoms with Gasteiger partial charge >= 0.3 is 0 Å². The van der Waals surface area contributed by atoms with Crippen molar-refractivity contribution in [2.75, 3.05) is 0 Å². The van der Waals surface area contributed by atoms with E-state index in [1.54, 1.807) is 0 Å². The highest BCUT2D eigenvalue weighted by atomic mass is 14.2. The molecule has 0 radical (unpaired) electrons. The second-order valence-electron chi connectivity index (χ2n) is 4.44. The molecule has 1 aliphatic rings. The van der Waals surface area contributed by atoms with E-state index in [0.29, 0.717) is 5.92 Å². The standard InChI is InChI=1S/C15H20/c1-2-3-4-5-8-13-11-12-14-9-6-7-10-15(13)14/h6-7,9-13H,2-5,8H2,1H3. The van der Waals surface area contributed by atoms with E-state index < -0.39 is 0 Å². The fourth-order valence-corrected chi connectivity index (χ4v) is 2.37. The largest absolute Gasteiger partial charge is 0.0764 e. The van der Waals surface area contributed by atoms with E-state index in [1.807, 2.05) is 0 Å². The van der Waals surface area contributed by atoms with Crippen LogP contribution in [0.4, 0.5) is 0 Å². The van der Waals surface area contributed by atoms with Gasteiger partial charge in [-0.3, -0.25) is 0 Å². The van der Waals surface area contributed by atoms with E-state index in [9.17, 15) is 0 Å². The molecule has 0 saturated carbocycles. The summed E-state index contributed by atoms with van der Waals surface area (Å²) in [6.45, 7) is 2.27. The van der Waals surface area contributed by atoms with Crippen molar-refractivity contribution in [2.45, 2.75) is 44.9 Å². The first kappa shape index (κ1) is 10.5. The van der Waals surface area contributed by atoms with Gasteiger partial charge in [-0.1, -0.05) is 69.0 Å². The van der Waals surface area contributed by atoms with Crippen LogP contribution in [0, 0.1) is 0 Å². The van der Waals surface area contributed by atoms with E-state index in [2.05, 4.69) is 43.3 Å². The summed E-state index contributed by atoms with van der Waals surface area (Å²) in [6, 6.07) is 8.78. The van der Waals surface area contributed by atoms with Gasteiger partial charge in [-0.2, -0.15) is 0 Å². The van der Waals surface area contributed by atoms with Gasteiger partial charge in [-0.25, -0.2) is 0 Å². The summed E-state index contributed by atoms with van der Waals surface area (Å²) in [6.07, 6.45) is 11.5. The molecule has 1 aromatic rings. The van der Waals surface area contributed by atoms with Crippen LogP contribution in [0.15, 0.2) is 30.3 Å². The predicted molar refractivity (Wildman–Crippen MR) is 67.0 cm³/mol. The lowest BCUT2D eigenvalue weighted by molar-refractivity contribution is 0.607. The summed E-state index contributed by atoms with van der Waals surface area (Å²) in [5.74, 6) is 0.693. The summed E-state index contributed by atoms with van der Waals surface area (Å²) >= 11 is 0. The average molecular weight is 200 g/mol. The van der Waals surface area contributed by atoms with Gasteiger partial charge in [-0.05, 0) is 17.5 Å². The smallest absolute Gasteiger partial charge is 0.00272 e. The highest BCUT2D eigenvalue weighted by Crippen LogP contribution is 2.33. The first-order valence-electron chi connectivity index (χ1n) is 6.19. The molecule has 15 heavy (non-hydrogen) atoms. The molecule has 0 heterocycles. The van der Waals surface area contributed by atoms with Crippen LogP contribution >= 0.6 is 0 Å². The van der Waals surface area contributed by atoms with Gasteiger partial charge in [0.25, 0.3) is 0 Å². The maximum absolute atomic E-state index is 2.37. The Labute approximate surface area is 93.0 Å². The van der Waals surface area contributed by atoms with Crippen LogP contribution in [0.5, 0.6) is 0 Å². The van der Waals surface area contributed by atoms with Crippen LogP contribution in [-0.4, -0.2) is 0 Å². The maximum atomic E-state index is 2.37. The van der Waals surface area contributed by atoms with E-state index in [4.69, 9.17) is 0 Å². The summed E-state index contributed by atoms with van der Waals surface area (Å²) in [5, 5.41) is 0. The zero-order chi connectivity index (χ0) is 10.5. The van der Waals surface area contributed by atoms with Crippen molar-refractivity contribution in [3.8, 4) is 0 Å². The maximum Gasteiger partial charge on any atom is 0.00272 e. The molecule has 1 atom stereocenters. The summed E-state index contributed by atoms with van der Waals surface area (Å²) in [4.78, 5) is 0. The zero-order valence-corrected chi connectivity index (χ0v) is 9.58. The lowest BCUT2D eigenvalue weighted by Crippen LogP contribution is -1.93. The normalized spacial score (nSPS) is 18.1. The molecule has 0 nitrogen and oxygen atoms in total. The third-order valence-corrected chi connectivity index (χ3v) is 3.27. The molecule has 0 heteroatoms. The Hall–Kier alpha value is -1.04. The van der Waals surface area contributed by atoms with Gasteiger partial charge in [0, 0.05) is 5.92 Å². The highest BCUT2D eigenvalue weighted by molar-refractivity contribution is 5.62. The fraction of sp³-hybridized carbons (Fsp3) is 0.467. The monoisotopic (exact) mass is 200 g/mol. The lowest BCUT2D eigenvalue weighted by Gasteiger charge is -2.10. The number of hydrogen-bond donors (Lipinski definition) is 0. The highest BCUT2D eigenvalue weighted by Gasteiger charge is 2.15. The first-order valence-corrected chi connectivity index (χ1v) is 6.19. The van der Waals surface area contributed by atoms with Gasteiger partial charge in [0.05, 0.1) is 0 Å². The van der Waals surface area contributed by atoms with Crippen molar-refractivity contribution in [3.63, 3.8) is 0 Å². The molecule has 2 rings (SSSR count). The van der Waals surface area contributed by atoms with Gasteiger partial charge in [-0.15, -0.1) is 0 Å². The Morgan fingerprint density at radius 3 is 2.80 bits per heavy atom. The van der Waals surface area contributed by atoms with Crippen LogP contribution in [0.3, 0.4) is 0 Å². The number of allylic oxidation sites excluding steroid dienone is 1. The van der Waals surface area contributed by atoms with E-state index >= 15 is 0 Å². The van der Waals surface area contributed by atoms with E-state index in [1.165, 1.54) is 43.2 Å². The Kier molecular flexibility index (Phi) is 3.60. The Bertz CT molecular complexity index is 336. The summed E-state index contributed by atoms with van der Waals surface area (Å²) in [7, 11) is 0. The topological polar surface area (TPSA) is 0 Å². The quantitative estimate of drug-likeness (QED) is 0.601. The van der Waals surface area contributed by atoms with Crippen LogP contribution in [-0.2, 0) is 0 Å². The van der Waals surface area contributed by atoms with E-state index in [-0.39, 0.29) is 0 Å². The zero-order valence-electron chi connectivity index (χ0n) is 9.58. The second kappa shape index (κ2) is 5.16. The molecule has 0 spiro atoms. The van der Waals surface area contributed by atoms with Crippen molar-refractivity contribution < 1.29 is 0 Å². The molecule has 1 aliphatic carbocycles. The molecule has 80 valence electrons. The van der Waals surface area contributed by atoms with Gasteiger partial charge in [0.1, 0.15) is 0 Å². The number of benzene rings is 1. The Morgan fingerprint density at radius 2 is 1.93 bits per heavy atom. The summed E-state index contributed by atoms with van der Waals surface area (Å²) in [5.41, 5.74) is 2.96. The van der Waals surface area contributed by atoms with Crippen molar-refractivity contribution >= 4 is 6.08 Å². The van der Waals surface area contributed by atoms with Gasteiger partial charge in [0.2, 0.25) is 0 Å². The molecular weight excluding hydrogens is 180 g/mol. The van der Waals surface area contributed by atoms with Crippen molar-refractivity contribution in [2.24, 2.45) is 0 Å². The van der Waals surface area contributed by atoms with Crippen molar-refractivity contribution in [3.05, 3.63) is 41.5 Å². The molecule has 0 aromatic heterocycles. The number of rotatable bonds is 5. The Balaban J connectivity index is 1.88. The first-order chi connectivity index (χ1) is 7.42. The molecule has 0 saturated heterocycles. The lowest BCUT2D eigenvalue weighted by atomic mass is 9.95. The third-order valence-electron chi connectivity index (χ3n) is 3.27. The average Bonchev–Trinajstić information content (AvgIpc) is 2.68. The van der Waals surface area contributed by atoms with Gasteiger partial charge < -0.3 is 0 Å². The van der Waals surface area contributed by atoms with Crippen LogP contribution in [0.25, 0.3) is 6.08 Å². The number of hydrogen-bond acceptors (Lipinski definition) is 0. The number of unbranched alkanes of at least 4 members (excludes halogenated alkanes) is 3. The Morgan fingerprint density at radius 1 is 1.07 bits per heavy atom. The predicted octanol–water partition coefficient (Wildman–Crippen LogP) is 4.77. The molecule has 0 aliphatic heterocycles. The molecule has 0 fully saturated rings. The van der Waals surface area contributed by atoms with Gasteiger partial charge in [0.15, 0.2) is 0 Å². The molecule has 1 unspecified atom stereocenters. The minimum Gasteiger partial charge on any atom is -0.0764 e. The van der Waals surface area contributed by atoms with Crippen molar-refractivity contribution in [1.29, 1.82) is 0 Å². The minimum absolute atomic E-state index is 0.693. The minimum atomic E-state index is 0.693. The van der Waals surface area contributed by atoms with Crippen molar-refractivity contribution in [1.82, 2.24) is 0 Å². The second-order valence-corrected chi connectivity index (χ2v) is 4.44.